The van der Waals surface area contributed by atoms with E-state index in [1.54, 1.807) is 6.20 Å². The summed E-state index contributed by atoms with van der Waals surface area (Å²) in [6.45, 7) is 10.3. The minimum atomic E-state index is -0.423. The third-order valence-corrected chi connectivity index (χ3v) is 3.91. The van der Waals surface area contributed by atoms with Crippen molar-refractivity contribution in [2.75, 3.05) is 19.6 Å². The summed E-state index contributed by atoms with van der Waals surface area (Å²) in [6, 6.07) is 0.221. The van der Waals surface area contributed by atoms with Crippen molar-refractivity contribution in [3.8, 4) is 0 Å². The molecule has 1 aromatic heterocycles. The summed E-state index contributed by atoms with van der Waals surface area (Å²) in [4.78, 5) is 21.2. The molecule has 1 aromatic rings. The monoisotopic (exact) mass is 308 g/mol. The second-order valence-electron chi connectivity index (χ2n) is 7.02. The van der Waals surface area contributed by atoms with Crippen LogP contribution in [0, 0.1) is 5.92 Å². The molecule has 0 aromatic carbocycles. The lowest BCUT2D eigenvalue weighted by Gasteiger charge is -2.33. The molecule has 22 heavy (non-hydrogen) atoms. The fourth-order valence-electron chi connectivity index (χ4n) is 2.60. The van der Waals surface area contributed by atoms with Gasteiger partial charge >= 0.3 is 6.09 Å². The highest BCUT2D eigenvalue weighted by Gasteiger charge is 2.26. The van der Waals surface area contributed by atoms with Crippen LogP contribution < -0.4 is 5.32 Å². The van der Waals surface area contributed by atoms with Crippen LogP contribution in [0.15, 0.2) is 12.4 Å². The van der Waals surface area contributed by atoms with Crippen LogP contribution in [0.25, 0.3) is 0 Å². The highest BCUT2D eigenvalue weighted by atomic mass is 16.6. The molecule has 0 spiro atoms. The van der Waals surface area contributed by atoms with E-state index in [-0.39, 0.29) is 12.1 Å². The van der Waals surface area contributed by atoms with Gasteiger partial charge in [0.15, 0.2) is 0 Å². The molecule has 6 nitrogen and oxygen atoms in total. The maximum Gasteiger partial charge on any atom is 0.410 e. The lowest BCUT2D eigenvalue weighted by molar-refractivity contribution is 0.0183. The van der Waals surface area contributed by atoms with E-state index in [1.165, 1.54) is 0 Å². The second kappa shape index (κ2) is 7.13. The summed E-state index contributed by atoms with van der Waals surface area (Å²) < 4.78 is 5.42. The van der Waals surface area contributed by atoms with Crippen LogP contribution in [0.1, 0.15) is 52.4 Å². The van der Waals surface area contributed by atoms with Crippen molar-refractivity contribution in [2.45, 2.75) is 52.2 Å². The molecule has 0 saturated carbocycles. The van der Waals surface area contributed by atoms with Gasteiger partial charge in [-0.2, -0.15) is 0 Å². The zero-order valence-electron chi connectivity index (χ0n) is 14.1. The third kappa shape index (κ3) is 5.02. The summed E-state index contributed by atoms with van der Waals surface area (Å²) in [7, 11) is 0. The first-order valence-electron chi connectivity index (χ1n) is 8.06. The van der Waals surface area contributed by atoms with E-state index in [0.29, 0.717) is 5.92 Å². The van der Waals surface area contributed by atoms with Gasteiger partial charge in [-0.05, 0) is 53.0 Å². The Kier molecular flexibility index (Phi) is 5.45. The number of amides is 1. The summed E-state index contributed by atoms with van der Waals surface area (Å²) in [5, 5.41) is 3.51. The molecule has 2 N–H and O–H groups in total. The maximum absolute atomic E-state index is 12.0. The van der Waals surface area contributed by atoms with Crippen molar-refractivity contribution in [1.82, 2.24) is 20.2 Å². The summed E-state index contributed by atoms with van der Waals surface area (Å²) in [5.41, 5.74) is -0.423. The fourth-order valence-corrected chi connectivity index (χ4v) is 2.60. The molecular formula is C16H28N4O2. The Bertz CT molecular complexity index is 459. The maximum atomic E-state index is 12.0. The Hall–Kier alpha value is -1.56. The number of aromatic amines is 1. The van der Waals surface area contributed by atoms with Gasteiger partial charge in [0, 0.05) is 25.5 Å². The molecule has 0 bridgehead atoms. The van der Waals surface area contributed by atoms with Crippen molar-refractivity contribution >= 4 is 6.09 Å². The lowest BCUT2D eigenvalue weighted by Crippen LogP contribution is -2.43. The van der Waals surface area contributed by atoms with E-state index in [2.05, 4.69) is 22.2 Å². The minimum Gasteiger partial charge on any atom is -0.444 e. The SMILES string of the molecule is CC(NCC1CCN(C(=O)OC(C)(C)C)CC1)c1ncc[nH]1. The first-order valence-corrected chi connectivity index (χ1v) is 8.06. The van der Waals surface area contributed by atoms with E-state index < -0.39 is 5.60 Å². The molecule has 6 heteroatoms. The van der Waals surface area contributed by atoms with Crippen LogP contribution in [0.2, 0.25) is 0 Å². The quantitative estimate of drug-likeness (QED) is 0.897. The van der Waals surface area contributed by atoms with Gasteiger partial charge in [0.2, 0.25) is 0 Å². The Morgan fingerprint density at radius 2 is 2.18 bits per heavy atom. The van der Waals surface area contributed by atoms with Crippen LogP contribution >= 0.6 is 0 Å². The molecule has 1 atom stereocenters. The third-order valence-electron chi connectivity index (χ3n) is 3.91. The van der Waals surface area contributed by atoms with Gasteiger partial charge in [-0.25, -0.2) is 9.78 Å². The number of ether oxygens (including phenoxy) is 1. The number of H-pyrrole nitrogens is 1. The van der Waals surface area contributed by atoms with E-state index in [9.17, 15) is 4.79 Å². The number of hydrogen-bond donors (Lipinski definition) is 2. The van der Waals surface area contributed by atoms with E-state index in [4.69, 9.17) is 4.74 Å². The standard InChI is InChI=1S/C16H28N4O2/c1-12(14-17-7-8-18-14)19-11-13-5-9-20(10-6-13)15(21)22-16(2,3)4/h7-8,12-13,19H,5-6,9-11H2,1-4H3,(H,17,18). The fraction of sp³-hybridized carbons (Fsp3) is 0.750. The molecule has 1 amide bonds. The smallest absolute Gasteiger partial charge is 0.410 e. The van der Waals surface area contributed by atoms with E-state index in [0.717, 1.165) is 38.3 Å². The highest BCUT2D eigenvalue weighted by molar-refractivity contribution is 5.68. The number of hydrogen-bond acceptors (Lipinski definition) is 4. The molecule has 1 fully saturated rings. The molecule has 0 aliphatic carbocycles. The highest BCUT2D eigenvalue weighted by Crippen LogP contribution is 2.20. The largest absolute Gasteiger partial charge is 0.444 e. The molecule has 124 valence electrons. The van der Waals surface area contributed by atoms with Crippen molar-refractivity contribution in [2.24, 2.45) is 5.92 Å². The number of likely N-dealkylation sites (tertiary alicyclic amines) is 1. The van der Waals surface area contributed by atoms with Crippen molar-refractivity contribution in [3.63, 3.8) is 0 Å². The van der Waals surface area contributed by atoms with Crippen molar-refractivity contribution in [1.29, 1.82) is 0 Å². The van der Waals surface area contributed by atoms with E-state index in [1.807, 2.05) is 31.9 Å². The molecule has 1 unspecified atom stereocenters. The van der Waals surface area contributed by atoms with Crippen LogP contribution in [0.4, 0.5) is 4.79 Å². The van der Waals surface area contributed by atoms with Crippen molar-refractivity contribution in [3.05, 3.63) is 18.2 Å². The average molecular weight is 308 g/mol. The number of carbonyl (C=O) groups is 1. The topological polar surface area (TPSA) is 70.2 Å². The number of carbonyl (C=O) groups excluding carboxylic acids is 1. The van der Waals surface area contributed by atoms with E-state index >= 15 is 0 Å². The molecule has 0 radical (unpaired) electrons. The molecule has 1 aliphatic heterocycles. The van der Waals surface area contributed by atoms with Crippen LogP contribution in [0.3, 0.4) is 0 Å². The van der Waals surface area contributed by atoms with Crippen molar-refractivity contribution < 1.29 is 9.53 Å². The Morgan fingerprint density at radius 1 is 1.50 bits per heavy atom. The molecule has 2 heterocycles. The Morgan fingerprint density at radius 3 is 2.73 bits per heavy atom. The van der Waals surface area contributed by atoms with Gasteiger partial charge in [-0.15, -0.1) is 0 Å². The van der Waals surface area contributed by atoms with Crippen LogP contribution in [-0.2, 0) is 4.74 Å². The summed E-state index contributed by atoms with van der Waals surface area (Å²) >= 11 is 0. The number of piperidine rings is 1. The van der Waals surface area contributed by atoms with Gasteiger partial charge in [-0.1, -0.05) is 0 Å². The Labute approximate surface area is 132 Å². The lowest BCUT2D eigenvalue weighted by atomic mass is 9.97. The van der Waals surface area contributed by atoms with Gasteiger partial charge in [0.1, 0.15) is 11.4 Å². The molecular weight excluding hydrogens is 280 g/mol. The second-order valence-corrected chi connectivity index (χ2v) is 7.02. The van der Waals surface area contributed by atoms with Crippen LogP contribution in [0.5, 0.6) is 0 Å². The predicted octanol–water partition coefficient (Wildman–Crippen LogP) is 2.71. The number of nitrogens with zero attached hydrogens (tertiary/aromatic N) is 2. The molecule has 1 saturated heterocycles. The van der Waals surface area contributed by atoms with Gasteiger partial charge < -0.3 is 19.9 Å². The van der Waals surface area contributed by atoms with Crippen LogP contribution in [-0.4, -0.2) is 46.2 Å². The van der Waals surface area contributed by atoms with Gasteiger partial charge in [-0.3, -0.25) is 0 Å². The average Bonchev–Trinajstić information content (AvgIpc) is 2.97. The molecule has 1 aliphatic rings. The predicted molar refractivity (Wildman–Crippen MR) is 85.5 cm³/mol. The van der Waals surface area contributed by atoms with Gasteiger partial charge in [0.25, 0.3) is 0 Å². The normalized spacial score (nSPS) is 18.3. The number of imidazole rings is 1. The number of aromatic nitrogens is 2. The zero-order valence-corrected chi connectivity index (χ0v) is 14.1. The number of rotatable bonds is 4. The summed E-state index contributed by atoms with van der Waals surface area (Å²) in [5.74, 6) is 1.56. The first-order chi connectivity index (χ1) is 10.3. The number of nitrogens with one attached hydrogen (secondary N) is 2. The zero-order chi connectivity index (χ0) is 16.2. The molecule has 2 rings (SSSR count). The van der Waals surface area contributed by atoms with Gasteiger partial charge in [0.05, 0.1) is 6.04 Å². The first kappa shape index (κ1) is 16.8. The minimum absolute atomic E-state index is 0.192. The Balaban J connectivity index is 1.70. The summed E-state index contributed by atoms with van der Waals surface area (Å²) in [6.07, 6.45) is 5.44.